The Morgan fingerprint density at radius 3 is 2.95 bits per heavy atom. The fraction of sp³-hybridized carbons (Fsp3) is 0.214. The first-order valence-electron chi connectivity index (χ1n) is 6.22. The number of nitrogens with one attached hydrogen (secondary N) is 1. The highest BCUT2D eigenvalue weighted by molar-refractivity contribution is 9.10. The monoisotopic (exact) mass is 368 g/mol. The molecule has 21 heavy (non-hydrogen) atoms. The molecule has 0 bridgehead atoms. The third-order valence-electron chi connectivity index (χ3n) is 2.55. The number of rotatable bonds is 6. The minimum Gasteiger partial charge on any atom is -0.452 e. The summed E-state index contributed by atoms with van der Waals surface area (Å²) in [7, 11) is 0. The van der Waals surface area contributed by atoms with E-state index in [1.807, 2.05) is 17.5 Å². The van der Waals surface area contributed by atoms with Crippen LogP contribution in [0.5, 0.6) is 0 Å². The van der Waals surface area contributed by atoms with E-state index in [0.717, 1.165) is 6.42 Å². The number of hydrogen-bond acceptors (Lipinski definition) is 5. The number of amides is 1. The highest BCUT2D eigenvalue weighted by Crippen LogP contribution is 2.10. The Hall–Kier alpha value is -1.73. The molecule has 2 heterocycles. The van der Waals surface area contributed by atoms with Gasteiger partial charge in [-0.2, -0.15) is 0 Å². The summed E-state index contributed by atoms with van der Waals surface area (Å²) in [5.74, 6) is -0.889. The normalized spacial score (nSPS) is 10.1. The molecule has 0 aliphatic rings. The average molecular weight is 369 g/mol. The zero-order chi connectivity index (χ0) is 15.1. The molecule has 0 aromatic carbocycles. The molecular weight excluding hydrogens is 356 g/mol. The number of hydrogen-bond donors (Lipinski definition) is 1. The van der Waals surface area contributed by atoms with Gasteiger partial charge in [0.1, 0.15) is 0 Å². The van der Waals surface area contributed by atoms with Crippen molar-refractivity contribution < 1.29 is 14.3 Å². The van der Waals surface area contributed by atoms with E-state index in [2.05, 4.69) is 26.2 Å². The smallest absolute Gasteiger partial charge is 0.340 e. The fourth-order valence-corrected chi connectivity index (χ4v) is 2.64. The Labute approximate surface area is 134 Å². The number of ether oxygens (including phenoxy) is 1. The van der Waals surface area contributed by atoms with E-state index in [9.17, 15) is 9.59 Å². The van der Waals surface area contributed by atoms with Crippen molar-refractivity contribution in [2.45, 2.75) is 6.42 Å². The van der Waals surface area contributed by atoms with E-state index in [0.29, 0.717) is 16.6 Å². The standard InChI is InChI=1S/C14H13BrN2O3S/c15-11-6-10(7-16-8-11)14(19)20-9-13(18)17-4-3-12-2-1-5-21-12/h1-2,5-8H,3-4,9H2,(H,17,18). The van der Waals surface area contributed by atoms with Crippen LogP contribution in [0.3, 0.4) is 0 Å². The number of pyridine rings is 1. The van der Waals surface area contributed by atoms with Crippen LogP contribution in [0.15, 0.2) is 40.4 Å². The van der Waals surface area contributed by atoms with Crippen molar-refractivity contribution in [3.05, 3.63) is 50.9 Å². The molecule has 0 unspecified atom stereocenters. The summed E-state index contributed by atoms with van der Waals surface area (Å²) in [4.78, 5) is 28.3. The van der Waals surface area contributed by atoms with E-state index in [4.69, 9.17) is 4.74 Å². The maximum absolute atomic E-state index is 11.7. The minimum atomic E-state index is -0.572. The van der Waals surface area contributed by atoms with Crippen molar-refractivity contribution in [1.82, 2.24) is 10.3 Å². The van der Waals surface area contributed by atoms with Crippen molar-refractivity contribution in [3.8, 4) is 0 Å². The molecule has 2 aromatic heterocycles. The molecule has 7 heteroatoms. The fourth-order valence-electron chi connectivity index (χ4n) is 1.57. The first kappa shape index (κ1) is 15.7. The number of carbonyl (C=O) groups is 2. The molecule has 0 aliphatic heterocycles. The van der Waals surface area contributed by atoms with Gasteiger partial charge in [-0.1, -0.05) is 6.07 Å². The maximum atomic E-state index is 11.7. The van der Waals surface area contributed by atoms with E-state index in [1.54, 1.807) is 23.6 Å². The summed E-state index contributed by atoms with van der Waals surface area (Å²) >= 11 is 4.86. The number of halogens is 1. The molecule has 0 atom stereocenters. The average Bonchev–Trinajstić information content (AvgIpc) is 2.98. The number of thiophene rings is 1. The molecule has 0 aliphatic carbocycles. The summed E-state index contributed by atoms with van der Waals surface area (Å²) < 4.78 is 5.60. The first-order valence-corrected chi connectivity index (χ1v) is 7.89. The van der Waals surface area contributed by atoms with Gasteiger partial charge in [-0.3, -0.25) is 9.78 Å². The highest BCUT2D eigenvalue weighted by Gasteiger charge is 2.10. The molecule has 0 saturated heterocycles. The number of carbonyl (C=O) groups excluding carboxylic acids is 2. The summed E-state index contributed by atoms with van der Waals surface area (Å²) in [6.07, 6.45) is 3.72. The van der Waals surface area contributed by atoms with Crippen LogP contribution in [0, 0.1) is 0 Å². The highest BCUT2D eigenvalue weighted by atomic mass is 79.9. The van der Waals surface area contributed by atoms with E-state index in [1.165, 1.54) is 11.1 Å². The second-order valence-corrected chi connectivity index (χ2v) is 6.10. The van der Waals surface area contributed by atoms with Gasteiger partial charge in [-0.05, 0) is 39.9 Å². The van der Waals surface area contributed by atoms with Crippen molar-refractivity contribution in [2.75, 3.05) is 13.2 Å². The van der Waals surface area contributed by atoms with Gasteiger partial charge in [-0.25, -0.2) is 4.79 Å². The molecule has 5 nitrogen and oxygen atoms in total. The molecule has 1 N–H and O–H groups in total. The van der Waals surface area contributed by atoms with Crippen LogP contribution in [-0.2, 0) is 16.0 Å². The SMILES string of the molecule is O=C(COC(=O)c1cncc(Br)c1)NCCc1cccs1. The van der Waals surface area contributed by atoms with Crippen molar-refractivity contribution in [3.63, 3.8) is 0 Å². The predicted molar refractivity (Wildman–Crippen MR) is 83.3 cm³/mol. The van der Waals surface area contributed by atoms with Crippen LogP contribution in [0.1, 0.15) is 15.2 Å². The van der Waals surface area contributed by atoms with Gasteiger partial charge in [-0.15, -0.1) is 11.3 Å². The van der Waals surface area contributed by atoms with E-state index < -0.39 is 5.97 Å². The van der Waals surface area contributed by atoms with Gasteiger partial charge < -0.3 is 10.1 Å². The summed E-state index contributed by atoms with van der Waals surface area (Å²) in [5.41, 5.74) is 0.302. The first-order chi connectivity index (χ1) is 10.1. The van der Waals surface area contributed by atoms with E-state index >= 15 is 0 Å². The van der Waals surface area contributed by atoms with Gasteiger partial charge in [0.15, 0.2) is 6.61 Å². The Morgan fingerprint density at radius 2 is 2.24 bits per heavy atom. The van der Waals surface area contributed by atoms with Crippen LogP contribution in [0.25, 0.3) is 0 Å². The molecule has 2 aromatic rings. The lowest BCUT2D eigenvalue weighted by atomic mass is 10.3. The Bertz CT molecular complexity index is 616. The predicted octanol–water partition coefficient (Wildman–Crippen LogP) is 2.42. The largest absolute Gasteiger partial charge is 0.452 e. The number of aromatic nitrogens is 1. The lowest BCUT2D eigenvalue weighted by Crippen LogP contribution is -2.30. The Morgan fingerprint density at radius 1 is 1.38 bits per heavy atom. The molecule has 0 saturated carbocycles. The third kappa shape index (κ3) is 5.28. The second-order valence-electron chi connectivity index (χ2n) is 4.15. The molecule has 110 valence electrons. The number of nitrogens with zero attached hydrogens (tertiary/aromatic N) is 1. The molecule has 0 radical (unpaired) electrons. The zero-order valence-corrected chi connectivity index (χ0v) is 13.4. The lowest BCUT2D eigenvalue weighted by molar-refractivity contribution is -0.124. The summed E-state index contributed by atoms with van der Waals surface area (Å²) in [6.45, 7) is 0.227. The van der Waals surface area contributed by atoms with Crippen LogP contribution >= 0.6 is 27.3 Å². The molecule has 0 spiro atoms. The second kappa shape index (κ2) is 7.90. The van der Waals surface area contributed by atoms with Gasteiger partial charge >= 0.3 is 5.97 Å². The minimum absolute atomic E-state index is 0.296. The van der Waals surface area contributed by atoms with Crippen LogP contribution in [0.2, 0.25) is 0 Å². The van der Waals surface area contributed by atoms with Gasteiger partial charge in [0, 0.05) is 28.3 Å². The molecule has 1 amide bonds. The lowest BCUT2D eigenvalue weighted by Gasteiger charge is -2.06. The summed E-state index contributed by atoms with van der Waals surface area (Å²) in [6, 6.07) is 5.57. The van der Waals surface area contributed by atoms with Gasteiger partial charge in [0.2, 0.25) is 0 Å². The van der Waals surface area contributed by atoms with Crippen LogP contribution in [0.4, 0.5) is 0 Å². The van der Waals surface area contributed by atoms with Crippen molar-refractivity contribution in [2.24, 2.45) is 0 Å². The van der Waals surface area contributed by atoms with Crippen LogP contribution in [-0.4, -0.2) is 30.0 Å². The maximum Gasteiger partial charge on any atom is 0.340 e. The molecule has 2 rings (SSSR count). The van der Waals surface area contributed by atoms with Gasteiger partial charge in [0.25, 0.3) is 5.91 Å². The third-order valence-corrected chi connectivity index (χ3v) is 3.92. The Kier molecular flexibility index (Phi) is 5.89. The summed E-state index contributed by atoms with van der Waals surface area (Å²) in [5, 5.41) is 4.70. The van der Waals surface area contributed by atoms with Crippen molar-refractivity contribution >= 4 is 39.1 Å². The molecular formula is C14H13BrN2O3S. The molecule has 0 fully saturated rings. The quantitative estimate of drug-likeness (QED) is 0.795. The van der Waals surface area contributed by atoms with E-state index in [-0.39, 0.29) is 12.5 Å². The van der Waals surface area contributed by atoms with Crippen LogP contribution < -0.4 is 5.32 Å². The topological polar surface area (TPSA) is 68.3 Å². The van der Waals surface area contributed by atoms with Crippen molar-refractivity contribution in [1.29, 1.82) is 0 Å². The van der Waals surface area contributed by atoms with Gasteiger partial charge in [0.05, 0.1) is 5.56 Å². The number of esters is 1. The Balaban J connectivity index is 1.70. The zero-order valence-electron chi connectivity index (χ0n) is 11.0.